The summed E-state index contributed by atoms with van der Waals surface area (Å²) >= 11 is 6.23. The lowest BCUT2D eigenvalue weighted by atomic mass is 10.1. The van der Waals surface area contributed by atoms with Crippen LogP contribution in [0.4, 0.5) is 0 Å². The largest absolute Gasteiger partial charge is 0.301 e. The summed E-state index contributed by atoms with van der Waals surface area (Å²) in [4.78, 5) is 5.16. The van der Waals surface area contributed by atoms with Crippen LogP contribution in [-0.4, -0.2) is 48.6 Å². The molecule has 2 aromatic rings. The monoisotopic (exact) mass is 368 g/mol. The van der Waals surface area contributed by atoms with E-state index in [2.05, 4.69) is 65.3 Å². The summed E-state index contributed by atoms with van der Waals surface area (Å²) in [5, 5.41) is 0.819. The van der Waals surface area contributed by atoms with E-state index in [0.29, 0.717) is 6.04 Å². The van der Waals surface area contributed by atoms with Crippen molar-refractivity contribution in [1.29, 1.82) is 0 Å². The smallest absolute Gasteiger partial charge is 0.0478 e. The Morgan fingerprint density at radius 1 is 0.962 bits per heavy atom. The van der Waals surface area contributed by atoms with Gasteiger partial charge in [0.25, 0.3) is 0 Å². The molecule has 3 rings (SSSR count). The first-order valence-corrected chi connectivity index (χ1v) is 10.0. The molecule has 1 aliphatic heterocycles. The number of rotatable bonds is 7. The second-order valence-corrected chi connectivity index (χ2v) is 7.50. The Bertz CT molecular complexity index is 690. The number of hydrogen-bond acceptors (Lipinski definition) is 2. The summed E-state index contributed by atoms with van der Waals surface area (Å²) in [6.45, 7) is 8.09. The van der Waals surface area contributed by atoms with Gasteiger partial charge in [-0.3, -0.25) is 4.90 Å². The maximum Gasteiger partial charge on any atom is 0.0478 e. The molecular formula is C23H29ClN2. The summed E-state index contributed by atoms with van der Waals surface area (Å²) in [5.74, 6) is 0. The van der Waals surface area contributed by atoms with Crippen LogP contribution in [0.5, 0.6) is 0 Å². The topological polar surface area (TPSA) is 6.48 Å². The van der Waals surface area contributed by atoms with Crippen molar-refractivity contribution in [2.45, 2.75) is 25.8 Å². The van der Waals surface area contributed by atoms with Crippen LogP contribution in [0.1, 0.15) is 24.5 Å². The lowest BCUT2D eigenvalue weighted by Crippen LogP contribution is -2.49. The van der Waals surface area contributed by atoms with Crippen LogP contribution >= 0.6 is 11.6 Å². The Kier molecular flexibility index (Phi) is 7.31. The van der Waals surface area contributed by atoms with Crippen LogP contribution in [0.25, 0.3) is 6.08 Å². The molecule has 2 nitrogen and oxygen atoms in total. The van der Waals surface area contributed by atoms with Gasteiger partial charge < -0.3 is 4.90 Å². The minimum atomic E-state index is 0.442. The third-order valence-electron chi connectivity index (χ3n) is 5.22. The van der Waals surface area contributed by atoms with E-state index in [4.69, 9.17) is 11.6 Å². The molecule has 0 aromatic heterocycles. The molecule has 26 heavy (non-hydrogen) atoms. The van der Waals surface area contributed by atoms with Crippen LogP contribution in [0.3, 0.4) is 0 Å². The van der Waals surface area contributed by atoms with E-state index in [0.717, 1.165) is 23.7 Å². The molecule has 0 radical (unpaired) electrons. The van der Waals surface area contributed by atoms with Gasteiger partial charge in [0.15, 0.2) is 0 Å². The summed E-state index contributed by atoms with van der Waals surface area (Å²) in [5.41, 5.74) is 2.55. The van der Waals surface area contributed by atoms with Gasteiger partial charge in [0.1, 0.15) is 0 Å². The maximum absolute atomic E-state index is 6.23. The molecule has 1 atom stereocenters. The van der Waals surface area contributed by atoms with Gasteiger partial charge in [-0.05, 0) is 43.5 Å². The van der Waals surface area contributed by atoms with Crippen LogP contribution in [0.15, 0.2) is 60.7 Å². The quantitative estimate of drug-likeness (QED) is 0.679. The average Bonchev–Trinajstić information content (AvgIpc) is 2.68. The van der Waals surface area contributed by atoms with E-state index in [1.54, 1.807) is 0 Å². The fraction of sp³-hybridized carbons (Fsp3) is 0.391. The minimum Gasteiger partial charge on any atom is -0.301 e. The van der Waals surface area contributed by atoms with E-state index in [1.165, 1.54) is 38.0 Å². The molecule has 1 unspecified atom stereocenters. The van der Waals surface area contributed by atoms with Crippen LogP contribution < -0.4 is 0 Å². The molecule has 3 heteroatoms. The third kappa shape index (κ3) is 5.70. The zero-order chi connectivity index (χ0) is 18.2. The molecule has 0 saturated carbocycles. The molecule has 0 N–H and O–H groups in total. The highest BCUT2D eigenvalue weighted by Crippen LogP contribution is 2.17. The van der Waals surface area contributed by atoms with E-state index in [9.17, 15) is 0 Å². The number of piperazine rings is 1. The maximum atomic E-state index is 6.23. The second kappa shape index (κ2) is 9.91. The normalized spacial score (nSPS) is 17.6. The number of benzene rings is 2. The van der Waals surface area contributed by atoms with E-state index in [-0.39, 0.29) is 0 Å². The third-order valence-corrected chi connectivity index (χ3v) is 5.57. The predicted molar refractivity (Wildman–Crippen MR) is 113 cm³/mol. The summed E-state index contributed by atoms with van der Waals surface area (Å²) in [6, 6.07) is 19.3. The van der Waals surface area contributed by atoms with Gasteiger partial charge in [0.05, 0.1) is 0 Å². The zero-order valence-corrected chi connectivity index (χ0v) is 16.4. The molecular weight excluding hydrogens is 340 g/mol. The molecule has 1 fully saturated rings. The highest BCUT2D eigenvalue weighted by atomic mass is 35.5. The first kappa shape index (κ1) is 19.2. The van der Waals surface area contributed by atoms with Crippen molar-refractivity contribution < 1.29 is 0 Å². The fourth-order valence-electron chi connectivity index (χ4n) is 3.52. The van der Waals surface area contributed by atoms with Gasteiger partial charge in [-0.25, -0.2) is 0 Å². The summed E-state index contributed by atoms with van der Waals surface area (Å²) in [6.07, 6.45) is 6.84. The lowest BCUT2D eigenvalue weighted by Gasteiger charge is -2.37. The van der Waals surface area contributed by atoms with E-state index in [1.807, 2.05) is 18.2 Å². The van der Waals surface area contributed by atoms with Gasteiger partial charge in [0.2, 0.25) is 0 Å². The first-order chi connectivity index (χ1) is 12.7. The zero-order valence-electron chi connectivity index (χ0n) is 15.7. The minimum absolute atomic E-state index is 0.442. The van der Waals surface area contributed by atoms with E-state index >= 15 is 0 Å². The Hall–Kier alpha value is -1.61. The van der Waals surface area contributed by atoms with Crippen molar-refractivity contribution in [1.82, 2.24) is 9.80 Å². The molecule has 0 bridgehead atoms. The van der Waals surface area contributed by atoms with Gasteiger partial charge in [0, 0.05) is 37.2 Å². The van der Waals surface area contributed by atoms with Crippen molar-refractivity contribution in [3.8, 4) is 0 Å². The van der Waals surface area contributed by atoms with E-state index < -0.39 is 0 Å². The molecule has 0 amide bonds. The average molecular weight is 369 g/mol. The van der Waals surface area contributed by atoms with Crippen LogP contribution in [0.2, 0.25) is 5.02 Å². The first-order valence-electron chi connectivity index (χ1n) is 9.65. The Balaban J connectivity index is 1.39. The number of hydrogen-bond donors (Lipinski definition) is 0. The Morgan fingerprint density at radius 2 is 1.65 bits per heavy atom. The van der Waals surface area contributed by atoms with Crippen molar-refractivity contribution in [2.75, 3.05) is 32.7 Å². The van der Waals surface area contributed by atoms with Crippen LogP contribution in [-0.2, 0) is 6.42 Å². The molecule has 1 aliphatic rings. The van der Waals surface area contributed by atoms with Crippen molar-refractivity contribution in [3.05, 3.63) is 76.8 Å². The van der Waals surface area contributed by atoms with Gasteiger partial charge >= 0.3 is 0 Å². The van der Waals surface area contributed by atoms with Crippen molar-refractivity contribution in [2.24, 2.45) is 0 Å². The molecule has 2 aromatic carbocycles. The summed E-state index contributed by atoms with van der Waals surface area (Å²) in [7, 11) is 0. The second-order valence-electron chi connectivity index (χ2n) is 7.09. The number of aryl methyl sites for hydroxylation is 1. The lowest BCUT2D eigenvalue weighted by molar-refractivity contribution is 0.116. The molecule has 0 spiro atoms. The fourth-order valence-corrected chi connectivity index (χ4v) is 3.72. The molecule has 138 valence electrons. The number of halogens is 1. The van der Waals surface area contributed by atoms with Gasteiger partial charge in [-0.2, -0.15) is 0 Å². The van der Waals surface area contributed by atoms with Crippen molar-refractivity contribution in [3.63, 3.8) is 0 Å². The van der Waals surface area contributed by atoms with Crippen LogP contribution in [0, 0.1) is 0 Å². The highest BCUT2D eigenvalue weighted by Gasteiger charge is 2.19. The molecule has 1 saturated heterocycles. The Labute approximate surface area is 163 Å². The van der Waals surface area contributed by atoms with Gasteiger partial charge in [-0.15, -0.1) is 0 Å². The standard InChI is InChI=1S/C23H29ClN2/c1-20(13-14-22-11-5-6-12-23(22)24)26-18-16-25(17-19-26)15-7-10-21-8-3-2-4-9-21/h2-6,8-9,11-14,20H,7,10,15-19H2,1H3/b14-13+. The SMILES string of the molecule is CC(/C=C/c1ccccc1Cl)N1CCN(CCCc2ccccc2)CC1. The predicted octanol–water partition coefficient (Wildman–Crippen LogP) is 4.99. The van der Waals surface area contributed by atoms with Crippen molar-refractivity contribution >= 4 is 17.7 Å². The highest BCUT2D eigenvalue weighted by molar-refractivity contribution is 6.32. The Morgan fingerprint density at radius 3 is 2.38 bits per heavy atom. The summed E-state index contributed by atoms with van der Waals surface area (Å²) < 4.78 is 0. The molecule has 1 heterocycles. The van der Waals surface area contributed by atoms with Gasteiger partial charge in [-0.1, -0.05) is 72.3 Å². The molecule has 0 aliphatic carbocycles. The number of nitrogens with zero attached hydrogens (tertiary/aromatic N) is 2.